The van der Waals surface area contributed by atoms with Gasteiger partial charge >= 0.3 is 0 Å². The second-order valence-electron chi connectivity index (χ2n) is 7.06. The predicted octanol–water partition coefficient (Wildman–Crippen LogP) is 3.85. The summed E-state index contributed by atoms with van der Waals surface area (Å²) in [6, 6.07) is 15.0. The zero-order valence-corrected chi connectivity index (χ0v) is 15.4. The SMILES string of the molecule is CC(C)c1ccc([C@H]([NH2+]CC(=O)Nc2ccccc2F)C(C)C)cc1. The Bertz CT molecular complexity index is 695. The van der Waals surface area contributed by atoms with E-state index in [9.17, 15) is 9.18 Å². The number of hydrogen-bond donors (Lipinski definition) is 2. The summed E-state index contributed by atoms with van der Waals surface area (Å²) in [4.78, 5) is 12.2. The number of para-hydroxylation sites is 1. The molecule has 2 aromatic carbocycles. The second kappa shape index (κ2) is 8.77. The second-order valence-corrected chi connectivity index (χ2v) is 7.06. The van der Waals surface area contributed by atoms with Gasteiger partial charge in [-0.3, -0.25) is 4.79 Å². The van der Waals surface area contributed by atoms with Gasteiger partial charge in [0.1, 0.15) is 11.9 Å². The molecule has 0 unspecified atom stereocenters. The molecule has 1 amide bonds. The molecule has 0 spiro atoms. The van der Waals surface area contributed by atoms with Crippen molar-refractivity contribution < 1.29 is 14.5 Å². The fourth-order valence-electron chi connectivity index (χ4n) is 2.89. The largest absolute Gasteiger partial charge is 0.332 e. The third kappa shape index (κ3) is 5.40. The van der Waals surface area contributed by atoms with Gasteiger partial charge in [0.25, 0.3) is 5.91 Å². The molecular weight excluding hydrogens is 315 g/mol. The number of carbonyl (C=O) groups is 1. The van der Waals surface area contributed by atoms with Gasteiger partial charge in [-0.05, 0) is 23.6 Å². The maximum absolute atomic E-state index is 13.6. The summed E-state index contributed by atoms with van der Waals surface area (Å²) in [6.45, 7) is 8.89. The van der Waals surface area contributed by atoms with E-state index in [4.69, 9.17) is 0 Å². The fraction of sp³-hybridized carbons (Fsp3) is 0.381. The normalized spacial score (nSPS) is 12.4. The predicted molar refractivity (Wildman–Crippen MR) is 99.9 cm³/mol. The molecule has 0 bridgehead atoms. The molecular formula is C21H28FN2O+. The zero-order valence-electron chi connectivity index (χ0n) is 15.4. The smallest absolute Gasteiger partial charge is 0.279 e. The minimum Gasteiger partial charge on any atom is -0.332 e. The summed E-state index contributed by atoms with van der Waals surface area (Å²) in [5.74, 6) is 0.267. The van der Waals surface area contributed by atoms with Crippen molar-refractivity contribution in [3.05, 3.63) is 65.5 Å². The van der Waals surface area contributed by atoms with Gasteiger partial charge in [0, 0.05) is 11.5 Å². The summed E-state index contributed by atoms with van der Waals surface area (Å²) in [6.07, 6.45) is 0. The standard InChI is InChI=1S/C21H27FN2O/c1-14(2)16-9-11-17(12-10-16)21(15(3)4)23-13-20(25)24-19-8-6-5-7-18(19)22/h5-12,14-15,21,23H,13H2,1-4H3,(H,24,25)/p+1/t21-/m1/s1. The lowest BCUT2D eigenvalue weighted by Crippen LogP contribution is -2.88. The van der Waals surface area contributed by atoms with Crippen LogP contribution in [0.15, 0.2) is 48.5 Å². The first-order valence-electron chi connectivity index (χ1n) is 8.86. The van der Waals surface area contributed by atoms with Gasteiger partial charge in [-0.2, -0.15) is 0 Å². The number of nitrogens with two attached hydrogens (primary N) is 1. The quantitative estimate of drug-likeness (QED) is 0.788. The Morgan fingerprint density at radius 3 is 2.16 bits per heavy atom. The Hall–Kier alpha value is -2.20. The molecule has 0 heterocycles. The topological polar surface area (TPSA) is 45.7 Å². The average molecular weight is 343 g/mol. The van der Waals surface area contributed by atoms with Crippen LogP contribution in [-0.2, 0) is 4.79 Å². The highest BCUT2D eigenvalue weighted by molar-refractivity contribution is 5.91. The summed E-state index contributed by atoms with van der Waals surface area (Å²) < 4.78 is 13.6. The number of nitrogens with one attached hydrogen (secondary N) is 1. The van der Waals surface area contributed by atoms with E-state index in [1.54, 1.807) is 18.2 Å². The summed E-state index contributed by atoms with van der Waals surface area (Å²) >= 11 is 0. The van der Waals surface area contributed by atoms with Gasteiger partial charge in [-0.1, -0.05) is 64.1 Å². The van der Waals surface area contributed by atoms with Crippen LogP contribution < -0.4 is 10.6 Å². The number of carbonyl (C=O) groups excluding carboxylic acids is 1. The third-order valence-electron chi connectivity index (χ3n) is 4.41. The highest BCUT2D eigenvalue weighted by Crippen LogP contribution is 2.21. The van der Waals surface area contributed by atoms with Gasteiger partial charge in [0.05, 0.1) is 5.69 Å². The molecule has 0 saturated heterocycles. The van der Waals surface area contributed by atoms with Crippen molar-refractivity contribution in [2.45, 2.75) is 39.7 Å². The molecule has 0 fully saturated rings. The summed E-state index contributed by atoms with van der Waals surface area (Å²) in [7, 11) is 0. The Balaban J connectivity index is 1.99. The van der Waals surface area contributed by atoms with Crippen LogP contribution in [0.4, 0.5) is 10.1 Å². The summed E-state index contributed by atoms with van der Waals surface area (Å²) in [5, 5.41) is 4.65. The van der Waals surface area contributed by atoms with E-state index in [1.807, 2.05) is 5.32 Å². The van der Waals surface area contributed by atoms with Crippen LogP contribution >= 0.6 is 0 Å². The molecule has 3 N–H and O–H groups in total. The lowest BCUT2D eigenvalue weighted by Gasteiger charge is -2.20. The molecule has 25 heavy (non-hydrogen) atoms. The van der Waals surface area contributed by atoms with Crippen molar-refractivity contribution in [2.75, 3.05) is 11.9 Å². The highest BCUT2D eigenvalue weighted by atomic mass is 19.1. The number of halogens is 1. The van der Waals surface area contributed by atoms with Crippen molar-refractivity contribution in [2.24, 2.45) is 5.92 Å². The van der Waals surface area contributed by atoms with Crippen molar-refractivity contribution in [3.63, 3.8) is 0 Å². The monoisotopic (exact) mass is 343 g/mol. The molecule has 1 atom stereocenters. The van der Waals surface area contributed by atoms with Crippen LogP contribution in [0, 0.1) is 11.7 Å². The Labute approximate surface area is 149 Å². The maximum Gasteiger partial charge on any atom is 0.279 e. The van der Waals surface area contributed by atoms with Gasteiger partial charge in [0.15, 0.2) is 6.54 Å². The number of amides is 1. The van der Waals surface area contributed by atoms with Gasteiger partial charge in [0.2, 0.25) is 0 Å². The number of hydrogen-bond acceptors (Lipinski definition) is 1. The lowest BCUT2D eigenvalue weighted by molar-refractivity contribution is -0.692. The average Bonchev–Trinajstić information content (AvgIpc) is 2.57. The van der Waals surface area contributed by atoms with Crippen LogP contribution in [0.1, 0.15) is 50.8 Å². The molecule has 2 aromatic rings. The van der Waals surface area contributed by atoms with Crippen LogP contribution in [0.25, 0.3) is 0 Å². The van der Waals surface area contributed by atoms with E-state index >= 15 is 0 Å². The number of anilines is 1. The van der Waals surface area contributed by atoms with E-state index in [0.717, 1.165) is 0 Å². The minimum absolute atomic E-state index is 0.188. The molecule has 0 aliphatic rings. The molecule has 0 saturated carbocycles. The molecule has 4 heteroatoms. The number of quaternary nitrogens is 1. The maximum atomic E-state index is 13.6. The molecule has 0 aliphatic carbocycles. The van der Waals surface area contributed by atoms with E-state index in [0.29, 0.717) is 11.8 Å². The number of rotatable bonds is 7. The van der Waals surface area contributed by atoms with Gasteiger partial charge in [-0.15, -0.1) is 0 Å². The van der Waals surface area contributed by atoms with Crippen LogP contribution in [-0.4, -0.2) is 12.5 Å². The minimum atomic E-state index is -0.416. The van der Waals surface area contributed by atoms with Crippen molar-refractivity contribution in [1.29, 1.82) is 0 Å². The van der Waals surface area contributed by atoms with Crippen molar-refractivity contribution in [1.82, 2.24) is 0 Å². The third-order valence-corrected chi connectivity index (χ3v) is 4.41. The van der Waals surface area contributed by atoms with E-state index < -0.39 is 5.82 Å². The van der Waals surface area contributed by atoms with E-state index in [2.05, 4.69) is 57.3 Å². The first-order valence-corrected chi connectivity index (χ1v) is 8.86. The van der Waals surface area contributed by atoms with Crippen LogP contribution in [0.5, 0.6) is 0 Å². The number of benzene rings is 2. The molecule has 2 rings (SSSR count). The Morgan fingerprint density at radius 2 is 1.60 bits per heavy atom. The van der Waals surface area contributed by atoms with E-state index in [-0.39, 0.29) is 24.2 Å². The van der Waals surface area contributed by atoms with Crippen molar-refractivity contribution in [3.8, 4) is 0 Å². The summed E-state index contributed by atoms with van der Waals surface area (Å²) in [5.41, 5.74) is 2.74. The van der Waals surface area contributed by atoms with E-state index in [1.165, 1.54) is 17.2 Å². The molecule has 0 aromatic heterocycles. The molecule has 0 radical (unpaired) electrons. The zero-order chi connectivity index (χ0) is 18.4. The highest BCUT2D eigenvalue weighted by Gasteiger charge is 2.21. The van der Waals surface area contributed by atoms with Crippen LogP contribution in [0.3, 0.4) is 0 Å². The molecule has 134 valence electrons. The molecule has 3 nitrogen and oxygen atoms in total. The fourth-order valence-corrected chi connectivity index (χ4v) is 2.89. The van der Waals surface area contributed by atoms with Crippen LogP contribution in [0.2, 0.25) is 0 Å². The first kappa shape index (κ1) is 19.1. The van der Waals surface area contributed by atoms with Crippen molar-refractivity contribution >= 4 is 11.6 Å². The Kier molecular flexibility index (Phi) is 6.71. The Morgan fingerprint density at radius 1 is 1.00 bits per heavy atom. The first-order chi connectivity index (χ1) is 11.9. The van der Waals surface area contributed by atoms with Gasteiger partial charge in [-0.25, -0.2) is 4.39 Å². The molecule has 0 aliphatic heterocycles. The lowest BCUT2D eigenvalue weighted by atomic mass is 9.93. The van der Waals surface area contributed by atoms with Gasteiger partial charge < -0.3 is 10.6 Å².